The maximum Gasteiger partial charge on any atom is 0.127 e. The number of quaternary nitrogens is 1. The van der Waals surface area contributed by atoms with Crippen LogP contribution in [0.4, 0.5) is 0 Å². The van der Waals surface area contributed by atoms with Crippen LogP contribution < -0.4 is 9.64 Å². The molecule has 24 heavy (non-hydrogen) atoms. The van der Waals surface area contributed by atoms with Crippen molar-refractivity contribution < 1.29 is 14.4 Å². The van der Waals surface area contributed by atoms with Crippen LogP contribution in [0.1, 0.15) is 26.7 Å². The Balaban J connectivity index is 1.46. The van der Waals surface area contributed by atoms with Crippen molar-refractivity contribution in [3.8, 4) is 5.75 Å². The molecule has 1 fully saturated rings. The van der Waals surface area contributed by atoms with Gasteiger partial charge in [-0.15, -0.1) is 0 Å². The van der Waals surface area contributed by atoms with E-state index in [-0.39, 0.29) is 0 Å². The van der Waals surface area contributed by atoms with Gasteiger partial charge in [-0.2, -0.15) is 0 Å². The molecule has 0 spiro atoms. The van der Waals surface area contributed by atoms with Gasteiger partial charge in [-0.25, -0.2) is 0 Å². The van der Waals surface area contributed by atoms with Crippen LogP contribution in [0, 0.1) is 0 Å². The van der Waals surface area contributed by atoms with Crippen molar-refractivity contribution in [3.63, 3.8) is 0 Å². The van der Waals surface area contributed by atoms with Gasteiger partial charge >= 0.3 is 0 Å². The van der Waals surface area contributed by atoms with Crippen LogP contribution in [-0.2, 0) is 4.74 Å². The quantitative estimate of drug-likeness (QED) is 0.809. The minimum Gasteiger partial charge on any atom is -0.493 e. The van der Waals surface area contributed by atoms with Crippen LogP contribution >= 0.6 is 11.6 Å². The highest BCUT2D eigenvalue weighted by atomic mass is 35.5. The average Bonchev–Trinajstić information content (AvgIpc) is 2.56. The molecule has 0 amide bonds. The largest absolute Gasteiger partial charge is 0.493 e. The summed E-state index contributed by atoms with van der Waals surface area (Å²) in [7, 11) is 0. The smallest absolute Gasteiger partial charge is 0.127 e. The zero-order chi connectivity index (χ0) is 16.9. The lowest BCUT2D eigenvalue weighted by Gasteiger charge is -2.32. The fraction of sp³-hybridized carbons (Fsp3) is 0.500. The lowest BCUT2D eigenvalue weighted by atomic mass is 10.1. The van der Waals surface area contributed by atoms with Crippen molar-refractivity contribution in [2.45, 2.75) is 38.9 Å². The lowest BCUT2D eigenvalue weighted by molar-refractivity contribution is -0.915. The van der Waals surface area contributed by atoms with E-state index < -0.39 is 0 Å². The lowest BCUT2D eigenvalue weighted by Crippen LogP contribution is -3.15. The SMILES string of the molecule is C[C@H]1C[NH+](CCCCOc2ccc(Cl)c3ccccc23)C[C@H](C)O1. The Morgan fingerprint density at radius 1 is 1.04 bits per heavy atom. The molecule has 0 aromatic heterocycles. The number of hydrogen-bond acceptors (Lipinski definition) is 2. The molecule has 0 unspecified atom stereocenters. The molecule has 0 radical (unpaired) electrons. The van der Waals surface area contributed by atoms with Crippen LogP contribution in [0.5, 0.6) is 5.75 Å². The average molecular weight is 349 g/mol. The first-order valence-electron chi connectivity index (χ1n) is 8.92. The number of morpholine rings is 1. The topological polar surface area (TPSA) is 22.9 Å². The van der Waals surface area contributed by atoms with Crippen LogP contribution in [0.25, 0.3) is 10.8 Å². The van der Waals surface area contributed by atoms with E-state index in [4.69, 9.17) is 21.1 Å². The molecule has 2 aromatic rings. The number of halogens is 1. The first-order chi connectivity index (χ1) is 11.6. The molecule has 1 saturated heterocycles. The summed E-state index contributed by atoms with van der Waals surface area (Å²) in [5.41, 5.74) is 0. The number of ether oxygens (including phenoxy) is 2. The first-order valence-corrected chi connectivity index (χ1v) is 9.30. The highest BCUT2D eigenvalue weighted by molar-refractivity contribution is 6.35. The van der Waals surface area contributed by atoms with Crippen molar-refractivity contribution in [1.29, 1.82) is 0 Å². The third-order valence-electron chi connectivity index (χ3n) is 4.63. The molecule has 0 saturated carbocycles. The van der Waals surface area contributed by atoms with Gasteiger partial charge < -0.3 is 14.4 Å². The molecule has 1 aliphatic rings. The Morgan fingerprint density at radius 2 is 1.75 bits per heavy atom. The van der Waals surface area contributed by atoms with Crippen LogP contribution in [0.3, 0.4) is 0 Å². The summed E-state index contributed by atoms with van der Waals surface area (Å²) < 4.78 is 11.8. The molecule has 0 bridgehead atoms. The number of hydrogen-bond donors (Lipinski definition) is 1. The fourth-order valence-electron chi connectivity index (χ4n) is 3.61. The molecule has 4 heteroatoms. The maximum absolute atomic E-state index is 6.25. The number of rotatable bonds is 6. The summed E-state index contributed by atoms with van der Waals surface area (Å²) in [6.45, 7) is 8.53. The highest BCUT2D eigenvalue weighted by Gasteiger charge is 2.24. The predicted octanol–water partition coefficient (Wildman–Crippen LogP) is 3.34. The van der Waals surface area contributed by atoms with E-state index in [1.807, 2.05) is 30.3 Å². The zero-order valence-electron chi connectivity index (χ0n) is 14.6. The standard InChI is InChI=1S/C20H26ClNO2/c1-15-13-22(14-16(2)24-15)11-5-6-12-23-20-10-9-19(21)17-7-3-4-8-18(17)20/h3-4,7-10,15-16H,5-6,11-14H2,1-2H3/p+1/t15-,16-/m0/s1. The molecule has 3 rings (SSSR count). The molecule has 3 nitrogen and oxygen atoms in total. The van der Waals surface area contributed by atoms with Gasteiger partial charge in [0.25, 0.3) is 0 Å². The first kappa shape index (κ1) is 17.5. The maximum atomic E-state index is 6.25. The molecule has 1 aliphatic heterocycles. The third kappa shape index (κ3) is 4.41. The van der Waals surface area contributed by atoms with Gasteiger partial charge in [0.05, 0.1) is 13.2 Å². The fourth-order valence-corrected chi connectivity index (χ4v) is 3.84. The number of unbranched alkanes of at least 4 members (excludes halogenated alkanes) is 1. The Bertz CT molecular complexity index is 666. The molecule has 1 N–H and O–H groups in total. The van der Waals surface area contributed by atoms with Crippen molar-refractivity contribution in [2.24, 2.45) is 0 Å². The Kier molecular flexibility index (Phi) is 5.99. The summed E-state index contributed by atoms with van der Waals surface area (Å²) in [6.07, 6.45) is 3.01. The number of nitrogens with one attached hydrogen (secondary N) is 1. The third-order valence-corrected chi connectivity index (χ3v) is 4.96. The van der Waals surface area contributed by atoms with Crippen molar-refractivity contribution in [2.75, 3.05) is 26.2 Å². The summed E-state index contributed by atoms with van der Waals surface area (Å²) >= 11 is 6.25. The summed E-state index contributed by atoms with van der Waals surface area (Å²) in [6, 6.07) is 12.0. The van der Waals surface area contributed by atoms with Gasteiger partial charge in [-0.05, 0) is 38.8 Å². The van der Waals surface area contributed by atoms with Gasteiger partial charge in [-0.1, -0.05) is 35.9 Å². The van der Waals surface area contributed by atoms with E-state index in [9.17, 15) is 0 Å². The molecule has 130 valence electrons. The van der Waals surface area contributed by atoms with Gasteiger partial charge in [0.1, 0.15) is 31.0 Å². The van der Waals surface area contributed by atoms with Gasteiger partial charge in [0.15, 0.2) is 0 Å². The minimum atomic E-state index is 0.375. The van der Waals surface area contributed by atoms with Crippen LogP contribution in [-0.4, -0.2) is 38.4 Å². The second-order valence-electron chi connectivity index (χ2n) is 6.81. The Hall–Kier alpha value is -1.29. The van der Waals surface area contributed by atoms with Crippen molar-refractivity contribution in [1.82, 2.24) is 0 Å². The van der Waals surface area contributed by atoms with Gasteiger partial charge in [-0.3, -0.25) is 0 Å². The molecular weight excluding hydrogens is 322 g/mol. The highest BCUT2D eigenvalue weighted by Crippen LogP contribution is 2.31. The van der Waals surface area contributed by atoms with E-state index in [0.717, 1.165) is 47.7 Å². The number of benzene rings is 2. The van der Waals surface area contributed by atoms with E-state index >= 15 is 0 Å². The Morgan fingerprint density at radius 3 is 2.50 bits per heavy atom. The number of fused-ring (bicyclic) bond motifs is 1. The summed E-state index contributed by atoms with van der Waals surface area (Å²) in [4.78, 5) is 1.65. The Labute approximate surface area is 149 Å². The molecule has 2 aromatic carbocycles. The van der Waals surface area contributed by atoms with E-state index in [2.05, 4.69) is 19.9 Å². The molecule has 1 heterocycles. The van der Waals surface area contributed by atoms with Gasteiger partial charge in [0, 0.05) is 15.8 Å². The van der Waals surface area contributed by atoms with E-state index in [0.29, 0.717) is 12.2 Å². The van der Waals surface area contributed by atoms with Crippen LogP contribution in [0.2, 0.25) is 5.02 Å². The summed E-state index contributed by atoms with van der Waals surface area (Å²) in [5, 5.41) is 2.92. The molecule has 2 atom stereocenters. The molecular formula is C20H27ClNO2+. The second-order valence-corrected chi connectivity index (χ2v) is 7.22. The zero-order valence-corrected chi connectivity index (χ0v) is 15.3. The normalized spacial score (nSPS) is 24.2. The summed E-state index contributed by atoms with van der Waals surface area (Å²) in [5.74, 6) is 0.927. The van der Waals surface area contributed by atoms with Crippen molar-refractivity contribution in [3.05, 3.63) is 41.4 Å². The minimum absolute atomic E-state index is 0.375. The van der Waals surface area contributed by atoms with E-state index in [1.165, 1.54) is 13.0 Å². The second kappa shape index (κ2) is 8.19. The van der Waals surface area contributed by atoms with E-state index in [1.54, 1.807) is 4.90 Å². The molecule has 0 aliphatic carbocycles. The van der Waals surface area contributed by atoms with Crippen LogP contribution in [0.15, 0.2) is 36.4 Å². The van der Waals surface area contributed by atoms with Gasteiger partial charge in [0.2, 0.25) is 0 Å². The van der Waals surface area contributed by atoms with Crippen molar-refractivity contribution >= 4 is 22.4 Å². The monoisotopic (exact) mass is 348 g/mol. The predicted molar refractivity (Wildman–Crippen MR) is 99.3 cm³/mol.